The van der Waals surface area contributed by atoms with Gasteiger partial charge in [0.25, 0.3) is 0 Å². The van der Waals surface area contributed by atoms with Gasteiger partial charge in [-0.15, -0.1) is 0 Å². The second kappa shape index (κ2) is 4.20. The molecule has 0 spiro atoms. The van der Waals surface area contributed by atoms with Crippen LogP contribution in [-0.2, 0) is 11.1 Å². The van der Waals surface area contributed by atoms with Crippen LogP contribution in [0.5, 0.6) is 5.75 Å². The van der Waals surface area contributed by atoms with Crippen LogP contribution in [0.15, 0.2) is 29.7 Å². The normalized spacial score (nSPS) is 12.2. The van der Waals surface area contributed by atoms with E-state index in [4.69, 9.17) is 4.74 Å². The third-order valence-corrected chi connectivity index (χ3v) is 2.33. The second-order valence-corrected chi connectivity index (χ2v) is 3.25. The Morgan fingerprint density at radius 1 is 1.62 bits per heavy atom. The Kier molecular flexibility index (Phi) is 3.22. The highest BCUT2D eigenvalue weighted by atomic mass is 32.2. The van der Waals surface area contributed by atoms with Crippen molar-refractivity contribution in [3.05, 3.63) is 30.3 Å². The molecule has 1 unspecified atom stereocenters. The lowest BCUT2D eigenvalue weighted by molar-refractivity contribution is 0.413. The maximum Gasteiger partial charge on any atom is 0.120 e. The van der Waals surface area contributed by atoms with Crippen molar-refractivity contribution in [2.45, 2.75) is 4.90 Å². The molecule has 4 heteroatoms. The third-order valence-electron chi connectivity index (χ3n) is 1.62. The zero-order valence-electron chi connectivity index (χ0n) is 7.15. The monoisotopic (exact) mass is 197 g/mol. The van der Waals surface area contributed by atoms with Crippen molar-refractivity contribution >= 4 is 17.2 Å². The number of ether oxygens (including phenoxy) is 1. The van der Waals surface area contributed by atoms with E-state index in [1.165, 1.54) is 19.3 Å². The van der Waals surface area contributed by atoms with E-state index in [9.17, 15) is 8.76 Å². The summed E-state index contributed by atoms with van der Waals surface area (Å²) in [7, 11) is 1.49. The van der Waals surface area contributed by atoms with Crippen molar-refractivity contribution in [3.8, 4) is 5.75 Å². The molecule has 0 aliphatic heterocycles. The first-order valence-corrected chi connectivity index (χ1v) is 4.66. The van der Waals surface area contributed by atoms with Gasteiger partial charge >= 0.3 is 0 Å². The zero-order chi connectivity index (χ0) is 9.84. The van der Waals surface area contributed by atoms with Gasteiger partial charge in [-0.2, -0.15) is 0 Å². The number of hydrogen-bond acceptors (Lipinski definition) is 3. The van der Waals surface area contributed by atoms with Crippen LogP contribution in [0, 0.1) is 0 Å². The van der Waals surface area contributed by atoms with Crippen molar-refractivity contribution in [1.82, 2.24) is 0 Å². The fourth-order valence-electron chi connectivity index (χ4n) is 0.955. The Balaban J connectivity index is 3.25. The molecule has 0 aliphatic rings. The third kappa shape index (κ3) is 2.17. The first kappa shape index (κ1) is 9.95. The van der Waals surface area contributed by atoms with Crippen LogP contribution < -0.4 is 4.74 Å². The summed E-state index contributed by atoms with van der Waals surface area (Å²) in [5, 5.41) is 0. The van der Waals surface area contributed by atoms with Gasteiger partial charge in [0.05, 0.1) is 7.11 Å². The Hall–Kier alpha value is -1.13. The van der Waals surface area contributed by atoms with Gasteiger partial charge in [0.15, 0.2) is 0 Å². The molecule has 0 saturated heterocycles. The van der Waals surface area contributed by atoms with Crippen LogP contribution in [0.25, 0.3) is 6.08 Å². The van der Waals surface area contributed by atoms with E-state index < -0.39 is 11.1 Å². The van der Waals surface area contributed by atoms with Crippen LogP contribution >= 0.6 is 0 Å². The lowest BCUT2D eigenvalue weighted by Crippen LogP contribution is -1.94. The summed E-state index contributed by atoms with van der Waals surface area (Å²) >= 11 is -2.25. The predicted octanol–water partition coefficient (Wildman–Crippen LogP) is 1.58. The molecule has 3 nitrogen and oxygen atoms in total. The largest absolute Gasteiger partial charge is 0.768 e. The van der Waals surface area contributed by atoms with Gasteiger partial charge in [0, 0.05) is 4.90 Å². The Morgan fingerprint density at radius 3 is 2.77 bits per heavy atom. The molecule has 0 N–H and O–H groups in total. The highest BCUT2D eigenvalue weighted by Crippen LogP contribution is 2.20. The average molecular weight is 197 g/mol. The molecule has 0 aliphatic carbocycles. The Morgan fingerprint density at radius 2 is 2.31 bits per heavy atom. The topological polar surface area (TPSA) is 49.4 Å². The van der Waals surface area contributed by atoms with Crippen molar-refractivity contribution in [3.63, 3.8) is 0 Å². The first-order chi connectivity index (χ1) is 6.19. The molecule has 1 aromatic rings. The summed E-state index contributed by atoms with van der Waals surface area (Å²) in [5.41, 5.74) is 0.578. The van der Waals surface area contributed by atoms with E-state index in [1.807, 2.05) is 0 Å². The van der Waals surface area contributed by atoms with E-state index in [2.05, 4.69) is 6.58 Å². The predicted molar refractivity (Wildman–Crippen MR) is 50.3 cm³/mol. The van der Waals surface area contributed by atoms with Gasteiger partial charge in [0.1, 0.15) is 5.75 Å². The number of rotatable bonds is 3. The quantitative estimate of drug-likeness (QED) is 0.691. The molecule has 0 aromatic heterocycles. The molecule has 70 valence electrons. The minimum Gasteiger partial charge on any atom is -0.768 e. The fraction of sp³-hybridized carbons (Fsp3) is 0.111. The van der Waals surface area contributed by atoms with E-state index >= 15 is 0 Å². The van der Waals surface area contributed by atoms with Crippen molar-refractivity contribution in [2.24, 2.45) is 0 Å². The van der Waals surface area contributed by atoms with Crippen molar-refractivity contribution < 1.29 is 13.5 Å². The number of benzene rings is 1. The molecule has 13 heavy (non-hydrogen) atoms. The standard InChI is InChI=1S/C9H10O3S/c1-3-7-4-5-8(12-2)6-9(7)13(10)11/h3-6H,1H2,2H3,(H,10,11)/p-1. The minimum atomic E-state index is -2.25. The summed E-state index contributed by atoms with van der Waals surface area (Å²) in [6, 6.07) is 4.80. The highest BCUT2D eigenvalue weighted by molar-refractivity contribution is 7.79. The SMILES string of the molecule is C=Cc1ccc(OC)cc1S(=O)[O-]. The van der Waals surface area contributed by atoms with Gasteiger partial charge in [0.2, 0.25) is 0 Å². The summed E-state index contributed by atoms with van der Waals surface area (Å²) in [6.07, 6.45) is 1.49. The molecule has 0 amide bonds. The van der Waals surface area contributed by atoms with E-state index in [0.717, 1.165) is 0 Å². The van der Waals surface area contributed by atoms with Crippen LogP contribution in [-0.4, -0.2) is 15.9 Å². The van der Waals surface area contributed by atoms with Gasteiger partial charge in [-0.3, -0.25) is 4.21 Å². The molecule has 0 fully saturated rings. The first-order valence-electron chi connectivity index (χ1n) is 3.58. The fourth-order valence-corrected chi connectivity index (χ4v) is 1.51. The summed E-state index contributed by atoms with van der Waals surface area (Å²) in [4.78, 5) is 0.203. The van der Waals surface area contributed by atoms with Crippen LogP contribution in [0.1, 0.15) is 5.56 Å². The average Bonchev–Trinajstić information content (AvgIpc) is 2.16. The number of hydrogen-bond donors (Lipinski definition) is 0. The highest BCUT2D eigenvalue weighted by Gasteiger charge is 2.01. The molecular weight excluding hydrogens is 188 g/mol. The molecule has 1 atom stereocenters. The molecule has 0 bridgehead atoms. The molecular formula is C9H9O3S-. The smallest absolute Gasteiger partial charge is 0.120 e. The van der Waals surface area contributed by atoms with Gasteiger partial charge in [-0.25, -0.2) is 0 Å². The minimum absolute atomic E-state index is 0.203. The lowest BCUT2D eigenvalue weighted by Gasteiger charge is -2.10. The maximum atomic E-state index is 10.7. The van der Waals surface area contributed by atoms with Crippen molar-refractivity contribution in [1.29, 1.82) is 0 Å². The summed E-state index contributed by atoms with van der Waals surface area (Å²) < 4.78 is 26.4. The van der Waals surface area contributed by atoms with Crippen molar-refractivity contribution in [2.75, 3.05) is 7.11 Å². The molecule has 1 aromatic carbocycles. The summed E-state index contributed by atoms with van der Waals surface area (Å²) in [6.45, 7) is 3.52. The summed E-state index contributed by atoms with van der Waals surface area (Å²) in [5.74, 6) is 0.518. The lowest BCUT2D eigenvalue weighted by atomic mass is 10.2. The van der Waals surface area contributed by atoms with E-state index in [1.54, 1.807) is 12.1 Å². The molecule has 0 heterocycles. The zero-order valence-corrected chi connectivity index (χ0v) is 7.97. The van der Waals surface area contributed by atoms with E-state index in [-0.39, 0.29) is 4.90 Å². The van der Waals surface area contributed by atoms with Crippen LogP contribution in [0.4, 0.5) is 0 Å². The Labute approximate surface area is 79.3 Å². The van der Waals surface area contributed by atoms with Gasteiger partial charge in [-0.05, 0) is 28.8 Å². The molecule has 1 rings (SSSR count). The van der Waals surface area contributed by atoms with Crippen LogP contribution in [0.3, 0.4) is 0 Å². The molecule has 0 radical (unpaired) electrons. The second-order valence-electron chi connectivity index (χ2n) is 2.34. The number of methoxy groups -OCH3 is 1. The maximum absolute atomic E-state index is 10.7. The van der Waals surface area contributed by atoms with Gasteiger partial charge < -0.3 is 9.29 Å². The van der Waals surface area contributed by atoms with E-state index in [0.29, 0.717) is 11.3 Å². The molecule has 0 saturated carbocycles. The Bertz CT molecular complexity index is 347. The van der Waals surface area contributed by atoms with Crippen LogP contribution in [0.2, 0.25) is 0 Å². The van der Waals surface area contributed by atoms with Gasteiger partial charge in [-0.1, -0.05) is 18.7 Å².